The van der Waals surface area contributed by atoms with E-state index in [0.717, 1.165) is 27.7 Å². The van der Waals surface area contributed by atoms with Crippen molar-refractivity contribution < 1.29 is 9.26 Å². The van der Waals surface area contributed by atoms with E-state index in [1.165, 1.54) is 0 Å². The summed E-state index contributed by atoms with van der Waals surface area (Å²) in [6, 6.07) is 14.1. The van der Waals surface area contributed by atoms with E-state index in [0.29, 0.717) is 24.9 Å². The molecule has 0 spiro atoms. The van der Waals surface area contributed by atoms with Gasteiger partial charge in [0.1, 0.15) is 5.52 Å². The summed E-state index contributed by atoms with van der Waals surface area (Å²) in [6.07, 6.45) is 0. The van der Waals surface area contributed by atoms with Crippen molar-refractivity contribution in [1.82, 2.24) is 25.1 Å². The fourth-order valence-corrected chi connectivity index (χ4v) is 2.88. The maximum atomic E-state index is 5.46. The lowest BCUT2D eigenvalue weighted by Gasteiger charge is -2.04. The largest absolute Gasteiger partial charge is 0.377 e. The van der Waals surface area contributed by atoms with Crippen LogP contribution in [0.5, 0.6) is 0 Å². The molecule has 2 aromatic heterocycles. The minimum Gasteiger partial charge on any atom is -0.377 e. The zero-order chi connectivity index (χ0) is 18.8. The molecule has 7 nitrogen and oxygen atoms in total. The van der Waals surface area contributed by atoms with Gasteiger partial charge < -0.3 is 9.26 Å². The third kappa shape index (κ3) is 3.46. The zero-order valence-corrected chi connectivity index (χ0v) is 15.6. The Bertz CT molecular complexity index is 1050. The highest BCUT2D eigenvalue weighted by Crippen LogP contribution is 2.26. The molecule has 7 heteroatoms. The number of rotatable bonds is 6. The topological polar surface area (TPSA) is 78.9 Å². The first-order valence-corrected chi connectivity index (χ1v) is 9.02. The fourth-order valence-electron chi connectivity index (χ4n) is 2.88. The van der Waals surface area contributed by atoms with E-state index in [2.05, 4.69) is 34.3 Å². The van der Waals surface area contributed by atoms with Gasteiger partial charge in [0.2, 0.25) is 5.82 Å². The molecule has 0 unspecified atom stereocenters. The molecular weight excluding hydrogens is 342 g/mol. The van der Waals surface area contributed by atoms with Gasteiger partial charge in [-0.25, -0.2) is 4.68 Å². The predicted molar refractivity (Wildman–Crippen MR) is 102 cm³/mol. The Kier molecular flexibility index (Phi) is 4.68. The van der Waals surface area contributed by atoms with Crippen LogP contribution in [-0.4, -0.2) is 31.7 Å². The smallest absolute Gasteiger partial charge is 0.258 e. The van der Waals surface area contributed by atoms with Crippen LogP contribution in [0.1, 0.15) is 32.4 Å². The van der Waals surface area contributed by atoms with Crippen molar-refractivity contribution in [2.24, 2.45) is 0 Å². The monoisotopic (exact) mass is 363 g/mol. The number of ether oxygens (including phenoxy) is 1. The lowest BCUT2D eigenvalue weighted by molar-refractivity contribution is 0.134. The van der Waals surface area contributed by atoms with E-state index in [9.17, 15) is 0 Å². The van der Waals surface area contributed by atoms with Crippen LogP contribution in [0.2, 0.25) is 0 Å². The average Bonchev–Trinajstić information content (AvgIpc) is 3.33. The summed E-state index contributed by atoms with van der Waals surface area (Å²) >= 11 is 0. The van der Waals surface area contributed by atoms with Crippen LogP contribution in [0.3, 0.4) is 0 Å². The normalized spacial score (nSPS) is 11.6. The molecule has 0 saturated carbocycles. The van der Waals surface area contributed by atoms with Crippen molar-refractivity contribution in [3.63, 3.8) is 0 Å². The van der Waals surface area contributed by atoms with Crippen LogP contribution in [0, 0.1) is 0 Å². The number of hydrogen-bond acceptors (Lipinski definition) is 6. The Balaban J connectivity index is 1.59. The van der Waals surface area contributed by atoms with Gasteiger partial charge >= 0.3 is 0 Å². The summed E-state index contributed by atoms with van der Waals surface area (Å²) in [4.78, 5) is 4.53. The molecule has 0 aliphatic carbocycles. The number of nitrogens with zero attached hydrogens (tertiary/aromatic N) is 5. The van der Waals surface area contributed by atoms with Crippen molar-refractivity contribution in [2.45, 2.75) is 33.4 Å². The van der Waals surface area contributed by atoms with Gasteiger partial charge in [-0.3, -0.25) is 0 Å². The second-order valence-electron chi connectivity index (χ2n) is 6.59. The molecule has 4 rings (SSSR count). The molecule has 0 saturated heterocycles. The maximum absolute atomic E-state index is 5.46. The average molecular weight is 363 g/mol. The first kappa shape index (κ1) is 17.4. The molecule has 4 aromatic rings. The van der Waals surface area contributed by atoms with Gasteiger partial charge in [-0.05, 0) is 44.5 Å². The Labute approximate surface area is 157 Å². The molecule has 0 fully saturated rings. The molecular formula is C20H21N5O2. The third-order valence-electron chi connectivity index (χ3n) is 4.32. The molecule has 2 aromatic carbocycles. The first-order valence-electron chi connectivity index (χ1n) is 9.02. The summed E-state index contributed by atoms with van der Waals surface area (Å²) in [6.45, 7) is 7.43. The Morgan fingerprint density at radius 3 is 2.59 bits per heavy atom. The third-order valence-corrected chi connectivity index (χ3v) is 4.32. The van der Waals surface area contributed by atoms with Crippen LogP contribution >= 0.6 is 0 Å². The van der Waals surface area contributed by atoms with E-state index in [-0.39, 0.29) is 6.04 Å². The molecule has 2 heterocycles. The molecule has 27 heavy (non-hydrogen) atoms. The minimum atomic E-state index is 0.251. The van der Waals surface area contributed by atoms with E-state index >= 15 is 0 Å². The van der Waals surface area contributed by atoms with E-state index in [1.807, 2.05) is 54.1 Å². The summed E-state index contributed by atoms with van der Waals surface area (Å²) in [5, 5.41) is 12.5. The summed E-state index contributed by atoms with van der Waals surface area (Å²) in [5.74, 6) is 1.02. The summed E-state index contributed by atoms with van der Waals surface area (Å²) in [5.41, 5.74) is 4.63. The van der Waals surface area contributed by atoms with E-state index in [1.54, 1.807) is 0 Å². The van der Waals surface area contributed by atoms with Crippen LogP contribution in [0.25, 0.3) is 33.9 Å². The zero-order valence-electron chi connectivity index (χ0n) is 15.6. The molecule has 0 atom stereocenters. The molecule has 138 valence electrons. The van der Waals surface area contributed by atoms with Crippen molar-refractivity contribution in [3.05, 3.63) is 48.0 Å². The number of fused-ring (bicyclic) bond motifs is 1. The van der Waals surface area contributed by atoms with Crippen molar-refractivity contribution >= 4 is 11.0 Å². The maximum Gasteiger partial charge on any atom is 0.258 e. The molecule has 0 radical (unpaired) electrons. The highest BCUT2D eigenvalue weighted by molar-refractivity contribution is 5.80. The molecule has 0 aliphatic rings. The lowest BCUT2D eigenvalue weighted by atomic mass is 10.1. The summed E-state index contributed by atoms with van der Waals surface area (Å²) < 4.78 is 12.8. The van der Waals surface area contributed by atoms with Gasteiger partial charge in [0, 0.05) is 23.8 Å². The van der Waals surface area contributed by atoms with Crippen LogP contribution in [0.4, 0.5) is 0 Å². The van der Waals surface area contributed by atoms with Gasteiger partial charge in [0.15, 0.2) is 0 Å². The van der Waals surface area contributed by atoms with Gasteiger partial charge in [-0.2, -0.15) is 4.98 Å². The number of aromatic nitrogens is 5. The second-order valence-corrected chi connectivity index (χ2v) is 6.59. The Morgan fingerprint density at radius 1 is 1.07 bits per heavy atom. The second kappa shape index (κ2) is 7.28. The first-order chi connectivity index (χ1) is 13.2. The van der Waals surface area contributed by atoms with Crippen LogP contribution in [0.15, 0.2) is 47.0 Å². The minimum absolute atomic E-state index is 0.251. The van der Waals surface area contributed by atoms with Crippen molar-refractivity contribution in [3.8, 4) is 22.8 Å². The lowest BCUT2D eigenvalue weighted by Crippen LogP contribution is -2.02. The number of benzene rings is 2. The van der Waals surface area contributed by atoms with Crippen molar-refractivity contribution in [1.29, 1.82) is 0 Å². The van der Waals surface area contributed by atoms with Gasteiger partial charge in [0.25, 0.3) is 5.89 Å². The fraction of sp³-hybridized carbons (Fsp3) is 0.300. The van der Waals surface area contributed by atoms with Gasteiger partial charge in [-0.15, -0.1) is 5.10 Å². The highest BCUT2D eigenvalue weighted by atomic mass is 16.5. The van der Waals surface area contributed by atoms with Gasteiger partial charge in [-0.1, -0.05) is 34.6 Å². The SMILES string of the molecule is CCOCc1ccc(-c2noc(-c3ccc4c(c3)nnn4C(C)C)n2)cc1. The van der Waals surface area contributed by atoms with Crippen molar-refractivity contribution in [2.75, 3.05) is 6.61 Å². The van der Waals surface area contributed by atoms with E-state index < -0.39 is 0 Å². The Hall–Kier alpha value is -3.06. The van der Waals surface area contributed by atoms with Gasteiger partial charge in [0.05, 0.1) is 12.1 Å². The predicted octanol–water partition coefficient (Wildman–Crippen LogP) is 4.27. The van der Waals surface area contributed by atoms with E-state index in [4.69, 9.17) is 9.26 Å². The molecule has 0 aliphatic heterocycles. The highest BCUT2D eigenvalue weighted by Gasteiger charge is 2.14. The molecule has 0 bridgehead atoms. The Morgan fingerprint density at radius 2 is 1.85 bits per heavy atom. The quantitative estimate of drug-likeness (QED) is 0.509. The number of hydrogen-bond donors (Lipinski definition) is 0. The standard InChI is InChI=1S/C20H21N5O2/c1-4-26-12-14-5-7-15(8-6-14)19-21-20(27-23-19)16-9-10-18-17(11-16)22-24-25(18)13(2)3/h5-11,13H,4,12H2,1-3H3. The molecule has 0 N–H and O–H groups in total. The summed E-state index contributed by atoms with van der Waals surface area (Å²) in [7, 11) is 0. The van der Waals surface area contributed by atoms with Crippen LogP contribution < -0.4 is 0 Å². The van der Waals surface area contributed by atoms with Crippen LogP contribution in [-0.2, 0) is 11.3 Å². The molecule has 0 amide bonds.